The van der Waals surface area contributed by atoms with Crippen LogP contribution in [-0.4, -0.2) is 23.6 Å². The smallest absolute Gasteiger partial charge is 0.137 e. The third kappa shape index (κ3) is 3.38. The van der Waals surface area contributed by atoms with Crippen molar-refractivity contribution in [3.8, 4) is 0 Å². The van der Waals surface area contributed by atoms with Gasteiger partial charge in [-0.1, -0.05) is 31.4 Å². The molecule has 0 aliphatic rings. The van der Waals surface area contributed by atoms with E-state index in [1.807, 2.05) is 38.5 Å². The molecule has 0 bridgehead atoms. The van der Waals surface area contributed by atoms with Crippen molar-refractivity contribution in [2.24, 2.45) is 0 Å². The Bertz CT molecular complexity index is 717. The molecule has 3 nitrogen and oxygen atoms in total. The summed E-state index contributed by atoms with van der Waals surface area (Å²) in [6.07, 6.45) is 11.6. The molecule has 108 valence electrons. The van der Waals surface area contributed by atoms with Gasteiger partial charge in [0, 0.05) is 29.9 Å². The highest BCUT2D eigenvalue weighted by atomic mass is 14.8. The minimum Gasteiger partial charge on any atom is -0.346 e. The number of rotatable bonds is 6. The molecular weight excluding hydrogens is 258 g/mol. The Morgan fingerprint density at radius 3 is 2.90 bits per heavy atom. The van der Waals surface area contributed by atoms with Crippen molar-refractivity contribution in [1.29, 1.82) is 0 Å². The molecule has 0 saturated heterocycles. The largest absolute Gasteiger partial charge is 0.346 e. The van der Waals surface area contributed by atoms with Crippen LogP contribution in [0.1, 0.15) is 11.1 Å². The van der Waals surface area contributed by atoms with E-state index in [-0.39, 0.29) is 0 Å². The molecule has 0 atom stereocenters. The highest BCUT2D eigenvalue weighted by molar-refractivity contribution is 5.94. The maximum atomic E-state index is 4.41. The van der Waals surface area contributed by atoms with Crippen molar-refractivity contribution in [2.45, 2.75) is 6.92 Å². The van der Waals surface area contributed by atoms with E-state index in [0.29, 0.717) is 0 Å². The number of pyridine rings is 1. The number of hydrogen-bond donors (Lipinski definition) is 2. The van der Waals surface area contributed by atoms with Crippen LogP contribution in [0.3, 0.4) is 0 Å². The molecule has 2 N–H and O–H groups in total. The van der Waals surface area contributed by atoms with E-state index in [1.165, 1.54) is 0 Å². The van der Waals surface area contributed by atoms with Crippen LogP contribution in [0.4, 0.5) is 0 Å². The average Bonchev–Trinajstić information content (AvgIpc) is 2.88. The molecule has 0 aliphatic heterocycles. The second kappa shape index (κ2) is 6.86. The molecule has 0 saturated carbocycles. The van der Waals surface area contributed by atoms with E-state index < -0.39 is 0 Å². The van der Waals surface area contributed by atoms with E-state index in [1.54, 1.807) is 6.08 Å². The highest BCUT2D eigenvalue weighted by Crippen LogP contribution is 2.26. The van der Waals surface area contributed by atoms with Crippen molar-refractivity contribution in [3.63, 3.8) is 0 Å². The number of nitrogens with zero attached hydrogens (tertiary/aromatic N) is 1. The average molecular weight is 279 g/mol. The van der Waals surface area contributed by atoms with Gasteiger partial charge in [0.05, 0.1) is 0 Å². The Labute approximate surface area is 125 Å². The SMILES string of the molecule is C=C/C=C(\C=C(/C=C)c1c[nH]c2ncc(C)cc12)CNC. The van der Waals surface area contributed by atoms with Gasteiger partial charge < -0.3 is 10.3 Å². The molecule has 0 radical (unpaired) electrons. The van der Waals surface area contributed by atoms with Gasteiger partial charge in [-0.25, -0.2) is 4.98 Å². The summed E-state index contributed by atoms with van der Waals surface area (Å²) in [7, 11) is 1.93. The van der Waals surface area contributed by atoms with Gasteiger partial charge in [-0.15, -0.1) is 0 Å². The molecule has 0 aromatic carbocycles. The van der Waals surface area contributed by atoms with Gasteiger partial charge in [-0.3, -0.25) is 0 Å². The van der Waals surface area contributed by atoms with Crippen LogP contribution in [0.25, 0.3) is 16.6 Å². The quantitative estimate of drug-likeness (QED) is 0.790. The number of aromatic amines is 1. The summed E-state index contributed by atoms with van der Waals surface area (Å²) in [5.41, 5.74) is 5.37. The molecule has 3 heteroatoms. The van der Waals surface area contributed by atoms with E-state index in [0.717, 1.165) is 39.9 Å². The highest BCUT2D eigenvalue weighted by Gasteiger charge is 2.08. The minimum atomic E-state index is 0.781. The summed E-state index contributed by atoms with van der Waals surface area (Å²) in [6.45, 7) is 10.5. The van der Waals surface area contributed by atoms with Gasteiger partial charge >= 0.3 is 0 Å². The molecule has 0 fully saturated rings. The first-order chi connectivity index (χ1) is 10.2. The van der Waals surface area contributed by atoms with Crippen LogP contribution in [-0.2, 0) is 0 Å². The molecule has 2 rings (SSSR count). The van der Waals surface area contributed by atoms with Gasteiger partial charge in [-0.05, 0) is 42.8 Å². The summed E-state index contributed by atoms with van der Waals surface area (Å²) in [5, 5.41) is 4.27. The topological polar surface area (TPSA) is 40.7 Å². The standard InChI is InChI=1S/C18H21N3/c1-5-7-14(11-19-4)9-15(6-2)17-12-21-18-16(17)8-13(3)10-20-18/h5-10,12,19H,1-2,11H2,3-4H3,(H,20,21)/b14-7+,15-9+. The first-order valence-corrected chi connectivity index (χ1v) is 6.94. The molecular formula is C18H21N3. The second-order valence-corrected chi connectivity index (χ2v) is 4.92. The van der Waals surface area contributed by atoms with Crippen LogP contribution in [0.5, 0.6) is 0 Å². The second-order valence-electron chi connectivity index (χ2n) is 4.92. The summed E-state index contributed by atoms with van der Waals surface area (Å²) in [5.74, 6) is 0. The first kappa shape index (κ1) is 15.0. The predicted molar refractivity (Wildman–Crippen MR) is 91.2 cm³/mol. The van der Waals surface area contributed by atoms with Crippen molar-refractivity contribution < 1.29 is 0 Å². The van der Waals surface area contributed by atoms with Gasteiger partial charge in [-0.2, -0.15) is 0 Å². The van der Waals surface area contributed by atoms with Crippen LogP contribution in [0.2, 0.25) is 0 Å². The lowest BCUT2D eigenvalue weighted by molar-refractivity contribution is 0.896. The van der Waals surface area contributed by atoms with Gasteiger partial charge in [0.2, 0.25) is 0 Å². The fraction of sp³-hybridized carbons (Fsp3) is 0.167. The van der Waals surface area contributed by atoms with Crippen molar-refractivity contribution in [2.75, 3.05) is 13.6 Å². The number of likely N-dealkylation sites (N-methyl/N-ethyl adjacent to an activating group) is 1. The lowest BCUT2D eigenvalue weighted by atomic mass is 10.0. The minimum absolute atomic E-state index is 0.781. The zero-order valence-electron chi connectivity index (χ0n) is 12.6. The number of hydrogen-bond acceptors (Lipinski definition) is 2. The fourth-order valence-electron chi connectivity index (χ4n) is 2.31. The first-order valence-electron chi connectivity index (χ1n) is 6.94. The van der Waals surface area contributed by atoms with Crippen molar-refractivity contribution >= 4 is 16.6 Å². The summed E-state index contributed by atoms with van der Waals surface area (Å²) in [4.78, 5) is 7.62. The molecule has 2 aromatic rings. The lowest BCUT2D eigenvalue weighted by Gasteiger charge is -2.05. The lowest BCUT2D eigenvalue weighted by Crippen LogP contribution is -2.09. The van der Waals surface area contributed by atoms with E-state index >= 15 is 0 Å². The summed E-state index contributed by atoms with van der Waals surface area (Å²) in [6, 6.07) is 2.14. The van der Waals surface area contributed by atoms with E-state index in [2.05, 4.69) is 40.6 Å². The molecule has 2 aromatic heterocycles. The molecule has 0 amide bonds. The number of nitrogens with one attached hydrogen (secondary N) is 2. The third-order valence-electron chi connectivity index (χ3n) is 3.25. The number of allylic oxidation sites excluding steroid dienone is 4. The Kier molecular flexibility index (Phi) is 4.90. The van der Waals surface area contributed by atoms with Crippen LogP contribution in [0, 0.1) is 6.92 Å². The zero-order valence-corrected chi connectivity index (χ0v) is 12.6. The molecule has 0 aliphatic carbocycles. The maximum Gasteiger partial charge on any atom is 0.137 e. The fourth-order valence-corrected chi connectivity index (χ4v) is 2.31. The molecule has 2 heterocycles. The number of aromatic nitrogens is 2. The van der Waals surface area contributed by atoms with Gasteiger partial charge in [0.25, 0.3) is 0 Å². The van der Waals surface area contributed by atoms with E-state index in [4.69, 9.17) is 0 Å². The Morgan fingerprint density at radius 1 is 1.43 bits per heavy atom. The third-order valence-corrected chi connectivity index (χ3v) is 3.25. The summed E-state index contributed by atoms with van der Waals surface area (Å²) < 4.78 is 0. The normalized spacial score (nSPS) is 12.7. The van der Waals surface area contributed by atoms with Crippen LogP contribution >= 0.6 is 0 Å². The number of fused-ring (bicyclic) bond motifs is 1. The van der Waals surface area contributed by atoms with E-state index in [9.17, 15) is 0 Å². The molecule has 0 spiro atoms. The summed E-state index contributed by atoms with van der Waals surface area (Å²) >= 11 is 0. The predicted octanol–water partition coefficient (Wildman–Crippen LogP) is 3.77. The van der Waals surface area contributed by atoms with Gasteiger partial charge in [0.1, 0.15) is 5.65 Å². The Hall–Kier alpha value is -2.39. The monoisotopic (exact) mass is 279 g/mol. The van der Waals surface area contributed by atoms with Crippen molar-refractivity contribution in [3.05, 3.63) is 72.6 Å². The van der Waals surface area contributed by atoms with Crippen LogP contribution in [0.15, 0.2) is 61.5 Å². The number of H-pyrrole nitrogens is 1. The Balaban J connectivity index is 2.53. The zero-order chi connectivity index (χ0) is 15.2. The number of aryl methyl sites for hydroxylation is 1. The van der Waals surface area contributed by atoms with Gasteiger partial charge in [0.15, 0.2) is 0 Å². The van der Waals surface area contributed by atoms with Crippen molar-refractivity contribution in [1.82, 2.24) is 15.3 Å². The molecule has 21 heavy (non-hydrogen) atoms. The Morgan fingerprint density at radius 2 is 2.24 bits per heavy atom. The molecule has 0 unspecified atom stereocenters. The maximum absolute atomic E-state index is 4.41. The van der Waals surface area contributed by atoms with Crippen LogP contribution < -0.4 is 5.32 Å².